The quantitative estimate of drug-likeness (QED) is 0.165. The fourth-order valence-electron chi connectivity index (χ4n) is 5.36. The molecule has 1 aromatic heterocycles. The van der Waals surface area contributed by atoms with E-state index in [4.69, 9.17) is 0 Å². The number of benzene rings is 3. The fourth-order valence-corrected chi connectivity index (χ4v) is 12.3. The summed E-state index contributed by atoms with van der Waals surface area (Å²) in [7, 11) is -1.82. The Balaban J connectivity index is 1.40. The van der Waals surface area contributed by atoms with Crippen LogP contribution in [0.5, 0.6) is 0 Å². The number of allylic oxidation sites excluding steroid dienone is 1. The van der Waals surface area contributed by atoms with Crippen LogP contribution in [0.1, 0.15) is 25.2 Å². The summed E-state index contributed by atoms with van der Waals surface area (Å²) < 4.78 is 2.38. The number of carbonyl (C=O) groups excluding carboxylic acids is 2. The molecule has 0 saturated carbocycles. The molecule has 0 radical (unpaired) electrons. The molecule has 3 aliphatic rings. The number of hydrogen-bond donors (Lipinski definition) is 0. The van der Waals surface area contributed by atoms with Crippen LogP contribution in [0.3, 0.4) is 0 Å². The molecule has 164 valence electrons. The summed E-state index contributed by atoms with van der Waals surface area (Å²) in [5.41, 5.74) is 3.96. The third-order valence-corrected chi connectivity index (χ3v) is 14.2. The zero-order valence-corrected chi connectivity index (χ0v) is 22.1. The molecule has 4 aromatic rings. The molecular weight excluding hydrogens is 521 g/mol. The molecule has 0 amide bonds. The van der Waals surface area contributed by atoms with Crippen LogP contribution in [-0.2, 0) is 0 Å². The Bertz CT molecular complexity index is 1580. The number of rotatable bonds is 1. The average Bonchev–Trinajstić information content (AvgIpc) is 3.35. The Morgan fingerprint density at radius 1 is 0.824 bits per heavy atom. The van der Waals surface area contributed by atoms with Crippen molar-refractivity contribution in [1.29, 1.82) is 0 Å². The van der Waals surface area contributed by atoms with E-state index >= 15 is 0 Å². The molecule has 0 bridgehead atoms. The van der Waals surface area contributed by atoms with Crippen LogP contribution in [-0.4, -0.2) is 34.1 Å². The topological polar surface area (TPSA) is 37.4 Å². The van der Waals surface area contributed by atoms with Gasteiger partial charge in [0.05, 0.1) is 0 Å². The van der Waals surface area contributed by atoms with E-state index in [0.717, 1.165) is 4.44 Å². The van der Waals surface area contributed by atoms with Gasteiger partial charge in [-0.25, -0.2) is 0 Å². The van der Waals surface area contributed by atoms with Gasteiger partial charge >= 0.3 is 210 Å². The van der Waals surface area contributed by atoms with Gasteiger partial charge in [0.15, 0.2) is 0 Å². The second-order valence-corrected chi connectivity index (χ2v) is 17.0. The molecule has 0 unspecified atom stereocenters. The normalized spacial score (nSPS) is 16.6. The molecule has 3 aromatic carbocycles. The van der Waals surface area contributed by atoms with E-state index in [9.17, 15) is 9.59 Å². The van der Waals surface area contributed by atoms with Crippen LogP contribution in [0.25, 0.3) is 6.08 Å². The van der Waals surface area contributed by atoms with Crippen molar-refractivity contribution in [2.45, 2.75) is 22.9 Å². The number of ketones is 2. The zero-order valence-electron chi connectivity index (χ0n) is 18.6. The molecule has 34 heavy (non-hydrogen) atoms. The number of para-hydroxylation sites is 2. The second-order valence-electron chi connectivity index (χ2n) is 9.31. The summed E-state index contributed by atoms with van der Waals surface area (Å²) in [5.74, 6) is -0.312. The van der Waals surface area contributed by atoms with Crippen LogP contribution >= 0.6 is 11.8 Å². The van der Waals surface area contributed by atoms with Crippen molar-refractivity contribution >= 4 is 78.3 Å². The van der Waals surface area contributed by atoms with Gasteiger partial charge in [0, 0.05) is 0 Å². The first-order valence-electron chi connectivity index (χ1n) is 11.2. The van der Waals surface area contributed by atoms with Crippen molar-refractivity contribution in [3.8, 4) is 0 Å². The Kier molecular flexibility index (Phi) is 4.25. The van der Waals surface area contributed by atoms with Gasteiger partial charge in [-0.3, -0.25) is 0 Å². The van der Waals surface area contributed by atoms with E-state index < -0.39 is 8.07 Å². The fraction of sp³-hybridized carbons (Fsp3) is 0.0714. The first-order chi connectivity index (χ1) is 16.4. The standard InChI is InChI=1S/C28H19NO2SSeSi/c1-34(2)23-12-6-5-10-20(23)29-25-21(11-7-13-24(25)34)32-22-15-16(33-28(22)29)14-19-26(30)17-8-3-4-9-18(17)27(19)31/h3-15H,1-2H3. The van der Waals surface area contributed by atoms with Crippen LogP contribution in [0.15, 0.2) is 88.2 Å². The summed E-state index contributed by atoms with van der Waals surface area (Å²) in [6.45, 7) is 4.88. The molecule has 1 aliphatic carbocycles. The van der Waals surface area contributed by atoms with Crippen molar-refractivity contribution in [3.63, 3.8) is 0 Å². The molecule has 3 nitrogen and oxygen atoms in total. The second kappa shape index (κ2) is 7.06. The van der Waals surface area contributed by atoms with Crippen LogP contribution in [0.2, 0.25) is 13.1 Å². The van der Waals surface area contributed by atoms with E-state index in [1.54, 1.807) is 12.1 Å². The third kappa shape index (κ3) is 2.65. The van der Waals surface area contributed by atoms with E-state index in [-0.39, 0.29) is 26.1 Å². The molecular formula is C28H19NO2SSeSi. The van der Waals surface area contributed by atoms with Gasteiger partial charge in [-0.15, -0.1) is 0 Å². The summed E-state index contributed by atoms with van der Waals surface area (Å²) in [6, 6.07) is 24.9. The number of carbonyl (C=O) groups is 2. The van der Waals surface area contributed by atoms with E-state index in [0.29, 0.717) is 16.7 Å². The number of Topliss-reactive ketones (excluding diaryl/α,β-unsaturated/α-hetero) is 2. The van der Waals surface area contributed by atoms with Crippen molar-refractivity contribution in [2.24, 2.45) is 0 Å². The predicted octanol–water partition coefficient (Wildman–Crippen LogP) is 5.28. The molecule has 7 rings (SSSR count). The minimum atomic E-state index is -1.82. The van der Waals surface area contributed by atoms with Gasteiger partial charge < -0.3 is 0 Å². The molecule has 0 N–H and O–H groups in total. The van der Waals surface area contributed by atoms with Gasteiger partial charge in [-0.2, -0.15) is 0 Å². The van der Waals surface area contributed by atoms with Gasteiger partial charge in [-0.1, -0.05) is 0 Å². The first-order valence-corrected chi connectivity index (χ1v) is 16.7. The SMILES string of the molecule is C[Si]1(C)c2ccccc2N2c3[se]c(C=C4C(=O)c5ccccc5C4=O)cc3Sc3cccc1c32. The summed E-state index contributed by atoms with van der Waals surface area (Å²) in [4.78, 5) is 30.9. The maximum atomic E-state index is 13.0. The molecule has 3 heterocycles. The molecule has 0 atom stereocenters. The molecule has 6 heteroatoms. The van der Waals surface area contributed by atoms with Crippen molar-refractivity contribution < 1.29 is 9.59 Å². The number of hydrogen-bond acceptors (Lipinski definition) is 4. The average molecular weight is 541 g/mol. The summed E-state index contributed by atoms with van der Waals surface area (Å²) in [5, 5.41) is 2.93. The Morgan fingerprint density at radius 2 is 1.50 bits per heavy atom. The van der Waals surface area contributed by atoms with Gasteiger partial charge in [0.25, 0.3) is 0 Å². The first kappa shape index (κ1) is 20.5. The molecule has 0 saturated heterocycles. The Hall–Kier alpha value is -2.89. The molecule has 0 fully saturated rings. The molecule has 0 spiro atoms. The minimum absolute atomic E-state index is 0.00831. The zero-order chi connectivity index (χ0) is 23.2. The Morgan fingerprint density at radius 3 is 2.26 bits per heavy atom. The van der Waals surface area contributed by atoms with Gasteiger partial charge in [0.2, 0.25) is 0 Å². The van der Waals surface area contributed by atoms with E-state index in [1.807, 2.05) is 30.0 Å². The predicted molar refractivity (Wildman–Crippen MR) is 142 cm³/mol. The number of fused-ring (bicyclic) bond motifs is 5. The van der Waals surface area contributed by atoms with E-state index in [1.165, 1.54) is 36.1 Å². The molecule has 2 aliphatic heterocycles. The van der Waals surface area contributed by atoms with E-state index in [2.05, 4.69) is 66.5 Å². The monoisotopic (exact) mass is 541 g/mol. The maximum absolute atomic E-state index is 13.0. The summed E-state index contributed by atoms with van der Waals surface area (Å²) >= 11 is 1.81. The van der Waals surface area contributed by atoms with Gasteiger partial charge in [0.1, 0.15) is 0 Å². The third-order valence-electron chi connectivity index (χ3n) is 7.03. The van der Waals surface area contributed by atoms with Crippen LogP contribution in [0, 0.1) is 0 Å². The Labute approximate surface area is 208 Å². The number of nitrogens with zero attached hydrogens (tertiary/aromatic N) is 1. The van der Waals surface area contributed by atoms with Crippen LogP contribution < -0.4 is 15.3 Å². The van der Waals surface area contributed by atoms with Crippen molar-refractivity contribution in [1.82, 2.24) is 0 Å². The van der Waals surface area contributed by atoms with Crippen molar-refractivity contribution in [3.05, 3.63) is 93.9 Å². The van der Waals surface area contributed by atoms with Gasteiger partial charge in [-0.05, 0) is 0 Å². The number of anilines is 3. The summed E-state index contributed by atoms with van der Waals surface area (Å²) in [6.07, 6.45) is 1.85. The van der Waals surface area contributed by atoms with Crippen LogP contribution in [0.4, 0.5) is 15.9 Å². The van der Waals surface area contributed by atoms with Crippen molar-refractivity contribution in [2.75, 3.05) is 4.90 Å².